The highest BCUT2D eigenvalue weighted by Gasteiger charge is 2.30. The van der Waals surface area contributed by atoms with E-state index in [1.54, 1.807) is 14.1 Å². The topological polar surface area (TPSA) is 78.1 Å². The molecule has 0 aliphatic heterocycles. The smallest absolute Gasteiger partial charge is 0.262 e. The van der Waals surface area contributed by atoms with Gasteiger partial charge in [0.2, 0.25) is 0 Å². The van der Waals surface area contributed by atoms with Crippen LogP contribution in [0.5, 0.6) is 0 Å². The molecule has 0 spiro atoms. The Labute approximate surface area is 122 Å². The minimum absolute atomic E-state index is 0.0561. The highest BCUT2D eigenvalue weighted by Crippen LogP contribution is 2.22. The summed E-state index contributed by atoms with van der Waals surface area (Å²) in [5.41, 5.74) is 1.49. The van der Waals surface area contributed by atoms with Crippen molar-refractivity contribution in [3.8, 4) is 0 Å². The van der Waals surface area contributed by atoms with Gasteiger partial charge in [0.1, 0.15) is 0 Å². The molecule has 1 unspecified atom stereocenters. The van der Waals surface area contributed by atoms with E-state index >= 15 is 0 Å². The molecule has 116 valence electrons. The Bertz CT molecular complexity index is 537. The number of H-pyrrole nitrogens is 1. The number of rotatable bonds is 7. The molecule has 0 fully saturated rings. The fourth-order valence-electron chi connectivity index (χ4n) is 2.23. The number of nitrogens with one attached hydrogen (secondary N) is 2. The molecule has 1 aromatic rings. The molecule has 0 radical (unpaired) electrons. The van der Waals surface area contributed by atoms with Gasteiger partial charge < -0.3 is 5.32 Å². The van der Waals surface area contributed by atoms with E-state index in [4.69, 9.17) is 0 Å². The first-order valence-corrected chi connectivity index (χ1v) is 8.32. The fourth-order valence-corrected chi connectivity index (χ4v) is 3.76. The Morgan fingerprint density at radius 2 is 1.95 bits per heavy atom. The molecule has 0 aliphatic rings. The largest absolute Gasteiger partial charge is 0.316 e. The molecular weight excluding hydrogens is 276 g/mol. The van der Waals surface area contributed by atoms with Gasteiger partial charge in [-0.05, 0) is 33.2 Å². The third-order valence-electron chi connectivity index (χ3n) is 3.45. The van der Waals surface area contributed by atoms with E-state index in [1.807, 2.05) is 13.8 Å². The second-order valence-electron chi connectivity index (χ2n) is 5.66. The Hall–Kier alpha value is -0.920. The van der Waals surface area contributed by atoms with Gasteiger partial charge in [0.05, 0.1) is 0 Å². The van der Waals surface area contributed by atoms with Crippen LogP contribution in [0.15, 0.2) is 5.03 Å². The minimum Gasteiger partial charge on any atom is -0.316 e. The van der Waals surface area contributed by atoms with Gasteiger partial charge in [-0.3, -0.25) is 5.10 Å². The minimum atomic E-state index is -3.56. The molecule has 1 rings (SSSR count). The van der Waals surface area contributed by atoms with Gasteiger partial charge >= 0.3 is 0 Å². The average molecular weight is 302 g/mol. The van der Waals surface area contributed by atoms with E-state index in [-0.39, 0.29) is 11.1 Å². The second kappa shape index (κ2) is 6.69. The van der Waals surface area contributed by atoms with Crippen LogP contribution >= 0.6 is 0 Å². The molecule has 20 heavy (non-hydrogen) atoms. The van der Waals surface area contributed by atoms with Gasteiger partial charge in [-0.1, -0.05) is 13.8 Å². The van der Waals surface area contributed by atoms with Crippen LogP contribution in [-0.2, 0) is 16.6 Å². The normalized spacial score (nSPS) is 14.2. The number of aromatic amines is 1. The van der Waals surface area contributed by atoms with Crippen molar-refractivity contribution in [2.24, 2.45) is 5.92 Å². The molecule has 0 aliphatic carbocycles. The van der Waals surface area contributed by atoms with Crippen LogP contribution in [0.4, 0.5) is 0 Å². The Morgan fingerprint density at radius 1 is 1.35 bits per heavy atom. The maximum atomic E-state index is 12.7. The summed E-state index contributed by atoms with van der Waals surface area (Å²) in [6, 6.07) is -0.0561. The quantitative estimate of drug-likeness (QED) is 0.800. The highest BCUT2D eigenvalue weighted by atomic mass is 32.2. The molecule has 1 heterocycles. The summed E-state index contributed by atoms with van der Waals surface area (Å²) in [5.74, 6) is 0.445. The van der Waals surface area contributed by atoms with Crippen molar-refractivity contribution in [3.05, 3.63) is 11.3 Å². The summed E-state index contributed by atoms with van der Waals surface area (Å²) < 4.78 is 26.8. The van der Waals surface area contributed by atoms with Crippen molar-refractivity contribution in [1.29, 1.82) is 0 Å². The first-order valence-electron chi connectivity index (χ1n) is 6.88. The van der Waals surface area contributed by atoms with Gasteiger partial charge in [-0.2, -0.15) is 9.40 Å². The first kappa shape index (κ1) is 17.1. The summed E-state index contributed by atoms with van der Waals surface area (Å²) in [6.07, 6.45) is 0.820. The molecule has 0 saturated heterocycles. The lowest BCUT2D eigenvalue weighted by Crippen LogP contribution is -2.36. The van der Waals surface area contributed by atoms with Crippen LogP contribution in [0.1, 0.15) is 38.4 Å². The molecule has 7 heteroatoms. The van der Waals surface area contributed by atoms with Gasteiger partial charge in [0.25, 0.3) is 10.0 Å². The highest BCUT2D eigenvalue weighted by molar-refractivity contribution is 7.89. The van der Waals surface area contributed by atoms with Gasteiger partial charge in [-0.25, -0.2) is 8.42 Å². The van der Waals surface area contributed by atoms with Crippen LogP contribution in [0, 0.1) is 12.8 Å². The molecule has 1 aromatic heterocycles. The maximum Gasteiger partial charge on any atom is 0.262 e. The number of sulfonamides is 1. The third-order valence-corrected chi connectivity index (χ3v) is 5.39. The average Bonchev–Trinajstić information content (AvgIpc) is 2.70. The van der Waals surface area contributed by atoms with Crippen molar-refractivity contribution < 1.29 is 8.42 Å². The summed E-state index contributed by atoms with van der Waals surface area (Å²) >= 11 is 0. The number of hydrogen-bond donors (Lipinski definition) is 2. The zero-order chi connectivity index (χ0) is 15.5. The van der Waals surface area contributed by atoms with Crippen LogP contribution in [0.2, 0.25) is 0 Å². The van der Waals surface area contributed by atoms with E-state index in [1.165, 1.54) is 4.31 Å². The molecule has 0 saturated carbocycles. The van der Waals surface area contributed by atoms with Crippen molar-refractivity contribution in [3.63, 3.8) is 0 Å². The second-order valence-corrected chi connectivity index (χ2v) is 7.58. The lowest BCUT2D eigenvalue weighted by atomic mass is 10.1. The Balaban J connectivity index is 3.10. The molecule has 0 aromatic carbocycles. The van der Waals surface area contributed by atoms with E-state index in [0.717, 1.165) is 12.1 Å². The number of aromatic nitrogens is 2. The fraction of sp³-hybridized carbons (Fsp3) is 0.769. The van der Waals surface area contributed by atoms with Crippen molar-refractivity contribution in [2.75, 3.05) is 14.1 Å². The maximum absolute atomic E-state index is 12.7. The van der Waals surface area contributed by atoms with Crippen molar-refractivity contribution >= 4 is 10.0 Å². The van der Waals surface area contributed by atoms with Crippen LogP contribution in [0.25, 0.3) is 0 Å². The number of aryl methyl sites for hydroxylation is 1. The van der Waals surface area contributed by atoms with E-state index in [0.29, 0.717) is 18.0 Å². The SMILES string of the molecule is CNCc1c(S(=O)(=O)N(C)C(C)CC(C)C)n[nH]c1C. The van der Waals surface area contributed by atoms with Gasteiger partial charge in [0, 0.05) is 30.9 Å². The third kappa shape index (κ3) is 3.59. The molecular formula is C13H26N4O2S. The molecule has 1 atom stereocenters. The molecule has 6 nitrogen and oxygen atoms in total. The zero-order valence-electron chi connectivity index (χ0n) is 13.2. The lowest BCUT2D eigenvalue weighted by molar-refractivity contribution is 0.336. The van der Waals surface area contributed by atoms with Gasteiger partial charge in [0.15, 0.2) is 5.03 Å². The van der Waals surface area contributed by atoms with Crippen molar-refractivity contribution in [2.45, 2.75) is 51.7 Å². The number of nitrogens with zero attached hydrogens (tertiary/aromatic N) is 2. The Kier molecular flexibility index (Phi) is 5.73. The predicted molar refractivity (Wildman–Crippen MR) is 80.0 cm³/mol. The zero-order valence-corrected chi connectivity index (χ0v) is 14.0. The standard InChI is InChI=1S/C13H26N4O2S/c1-9(2)7-10(3)17(6)20(18,19)13-12(8-14-5)11(4)15-16-13/h9-10,14H,7-8H2,1-6H3,(H,15,16). The number of hydrogen-bond acceptors (Lipinski definition) is 4. The summed E-state index contributed by atoms with van der Waals surface area (Å²) in [6.45, 7) is 8.40. The summed E-state index contributed by atoms with van der Waals surface area (Å²) in [4.78, 5) is 0. The van der Waals surface area contributed by atoms with E-state index in [2.05, 4.69) is 29.4 Å². The summed E-state index contributed by atoms with van der Waals surface area (Å²) in [7, 11) is -0.159. The molecule has 0 amide bonds. The van der Waals surface area contributed by atoms with E-state index in [9.17, 15) is 8.42 Å². The summed E-state index contributed by atoms with van der Waals surface area (Å²) in [5, 5.41) is 9.87. The van der Waals surface area contributed by atoms with E-state index < -0.39 is 10.0 Å². The van der Waals surface area contributed by atoms with Crippen molar-refractivity contribution in [1.82, 2.24) is 19.8 Å². The lowest BCUT2D eigenvalue weighted by Gasteiger charge is -2.25. The monoisotopic (exact) mass is 302 g/mol. The molecule has 2 N–H and O–H groups in total. The first-order chi connectivity index (χ1) is 9.21. The van der Waals surface area contributed by atoms with Gasteiger partial charge in [-0.15, -0.1) is 0 Å². The van der Waals surface area contributed by atoms with Crippen LogP contribution in [0.3, 0.4) is 0 Å². The molecule has 0 bridgehead atoms. The Morgan fingerprint density at radius 3 is 2.45 bits per heavy atom. The van der Waals surface area contributed by atoms with Crippen LogP contribution < -0.4 is 5.32 Å². The predicted octanol–water partition coefficient (Wildman–Crippen LogP) is 1.49. The van der Waals surface area contributed by atoms with Crippen LogP contribution in [-0.4, -0.2) is 43.1 Å².